The van der Waals surface area contributed by atoms with Gasteiger partial charge in [-0.15, -0.1) is 11.8 Å². The van der Waals surface area contributed by atoms with E-state index in [4.69, 9.17) is 0 Å². The van der Waals surface area contributed by atoms with E-state index in [2.05, 4.69) is 34.5 Å². The maximum Gasteiger partial charge on any atom is 0.234 e. The van der Waals surface area contributed by atoms with E-state index in [0.29, 0.717) is 5.75 Å². The highest BCUT2D eigenvalue weighted by Crippen LogP contribution is 2.17. The normalized spacial score (nSPS) is 14.6. The zero-order valence-corrected chi connectivity index (χ0v) is 18.0. The van der Waals surface area contributed by atoms with Crippen molar-refractivity contribution in [3.63, 3.8) is 0 Å². The van der Waals surface area contributed by atoms with Crippen LogP contribution in [-0.2, 0) is 16.1 Å². The lowest BCUT2D eigenvalue weighted by Crippen LogP contribution is -2.48. The average molecular weight is 412 g/mol. The molecule has 1 aliphatic heterocycles. The van der Waals surface area contributed by atoms with Gasteiger partial charge in [0.25, 0.3) is 0 Å². The molecule has 1 saturated heterocycles. The molecule has 154 valence electrons. The Balaban J connectivity index is 1.35. The highest BCUT2D eigenvalue weighted by molar-refractivity contribution is 8.00. The Morgan fingerprint density at radius 1 is 0.966 bits per heavy atom. The monoisotopic (exact) mass is 411 g/mol. The zero-order valence-electron chi connectivity index (χ0n) is 17.2. The highest BCUT2D eigenvalue weighted by Gasteiger charge is 2.21. The molecule has 1 aliphatic rings. The van der Waals surface area contributed by atoms with E-state index >= 15 is 0 Å². The summed E-state index contributed by atoms with van der Waals surface area (Å²) >= 11 is 1.38. The number of benzene rings is 2. The lowest BCUT2D eigenvalue weighted by atomic mass is 10.1. The van der Waals surface area contributed by atoms with Crippen molar-refractivity contribution in [3.05, 3.63) is 65.2 Å². The molecular formula is C23H29N3O2S. The number of aryl methyl sites for hydroxylation is 2. The minimum Gasteiger partial charge on any atom is -0.339 e. The maximum absolute atomic E-state index is 12.4. The molecule has 0 aromatic heterocycles. The second-order valence-corrected chi connectivity index (χ2v) is 8.49. The van der Waals surface area contributed by atoms with Gasteiger partial charge in [0, 0.05) is 38.4 Å². The minimum absolute atomic E-state index is 0.0672. The summed E-state index contributed by atoms with van der Waals surface area (Å²) < 4.78 is 0. The third-order valence-corrected chi connectivity index (χ3v) is 6.01. The van der Waals surface area contributed by atoms with Gasteiger partial charge in [-0.05, 0) is 31.0 Å². The number of thioether (sulfide) groups is 1. The summed E-state index contributed by atoms with van der Waals surface area (Å²) in [5, 5.41) is 2.93. The van der Waals surface area contributed by atoms with Crippen molar-refractivity contribution in [3.8, 4) is 0 Å². The molecule has 2 aromatic carbocycles. The number of rotatable bonds is 7. The van der Waals surface area contributed by atoms with E-state index in [1.807, 2.05) is 43.0 Å². The van der Waals surface area contributed by atoms with E-state index < -0.39 is 0 Å². The summed E-state index contributed by atoms with van der Waals surface area (Å²) in [7, 11) is 0. The third-order valence-electron chi connectivity index (χ3n) is 5.09. The van der Waals surface area contributed by atoms with Crippen LogP contribution < -0.4 is 5.32 Å². The van der Waals surface area contributed by atoms with E-state index in [-0.39, 0.29) is 17.6 Å². The van der Waals surface area contributed by atoms with Crippen molar-refractivity contribution in [1.29, 1.82) is 0 Å². The number of anilines is 1. The number of amides is 2. The molecule has 1 heterocycles. The minimum atomic E-state index is -0.0672. The van der Waals surface area contributed by atoms with Gasteiger partial charge in [-0.1, -0.05) is 48.0 Å². The fraction of sp³-hybridized carbons (Fsp3) is 0.391. The van der Waals surface area contributed by atoms with Crippen LogP contribution in [0.4, 0.5) is 5.69 Å². The van der Waals surface area contributed by atoms with Crippen LogP contribution in [-0.4, -0.2) is 59.3 Å². The van der Waals surface area contributed by atoms with E-state index in [1.54, 1.807) is 0 Å². The molecule has 3 rings (SSSR count). The molecule has 0 bridgehead atoms. The summed E-state index contributed by atoms with van der Waals surface area (Å²) in [6.07, 6.45) is 0. The Morgan fingerprint density at radius 3 is 2.38 bits per heavy atom. The molecule has 0 saturated carbocycles. The van der Waals surface area contributed by atoms with E-state index in [0.717, 1.165) is 44.0 Å². The smallest absolute Gasteiger partial charge is 0.234 e. The largest absolute Gasteiger partial charge is 0.339 e. The van der Waals surface area contributed by atoms with Crippen LogP contribution in [0.25, 0.3) is 0 Å². The molecule has 0 unspecified atom stereocenters. The van der Waals surface area contributed by atoms with Gasteiger partial charge in [-0.25, -0.2) is 0 Å². The molecule has 2 amide bonds. The molecule has 29 heavy (non-hydrogen) atoms. The average Bonchev–Trinajstić information content (AvgIpc) is 2.71. The van der Waals surface area contributed by atoms with Gasteiger partial charge in [0.1, 0.15) is 0 Å². The number of hydrogen-bond donors (Lipinski definition) is 1. The van der Waals surface area contributed by atoms with Crippen molar-refractivity contribution in [1.82, 2.24) is 9.80 Å². The van der Waals surface area contributed by atoms with Gasteiger partial charge in [-0.2, -0.15) is 0 Å². The first-order chi connectivity index (χ1) is 14.0. The van der Waals surface area contributed by atoms with Gasteiger partial charge in [-0.3, -0.25) is 14.5 Å². The third kappa shape index (κ3) is 6.61. The molecule has 0 radical (unpaired) electrons. The van der Waals surface area contributed by atoms with Gasteiger partial charge in [0.15, 0.2) is 0 Å². The van der Waals surface area contributed by atoms with Crippen LogP contribution in [0.3, 0.4) is 0 Å². The van der Waals surface area contributed by atoms with Crippen LogP contribution in [0.2, 0.25) is 0 Å². The van der Waals surface area contributed by atoms with Crippen LogP contribution in [0.1, 0.15) is 16.7 Å². The lowest BCUT2D eigenvalue weighted by Gasteiger charge is -2.34. The van der Waals surface area contributed by atoms with Crippen molar-refractivity contribution < 1.29 is 9.59 Å². The second-order valence-electron chi connectivity index (χ2n) is 7.50. The number of piperazine rings is 1. The molecule has 5 nitrogen and oxygen atoms in total. The Labute approximate surface area is 177 Å². The number of hydrogen-bond acceptors (Lipinski definition) is 4. The highest BCUT2D eigenvalue weighted by atomic mass is 32.2. The summed E-state index contributed by atoms with van der Waals surface area (Å²) in [6.45, 7) is 8.22. The fourth-order valence-electron chi connectivity index (χ4n) is 3.46. The van der Waals surface area contributed by atoms with Crippen molar-refractivity contribution in [2.24, 2.45) is 0 Å². The zero-order chi connectivity index (χ0) is 20.6. The maximum atomic E-state index is 12.4. The topological polar surface area (TPSA) is 52.7 Å². The van der Waals surface area contributed by atoms with Crippen LogP contribution in [0.15, 0.2) is 48.5 Å². The first-order valence-corrected chi connectivity index (χ1v) is 11.2. The number of nitrogens with one attached hydrogen (secondary N) is 1. The fourth-order valence-corrected chi connectivity index (χ4v) is 4.18. The Kier molecular flexibility index (Phi) is 7.72. The number of nitrogens with zero attached hydrogens (tertiary/aromatic N) is 2. The first-order valence-electron chi connectivity index (χ1n) is 10.00. The van der Waals surface area contributed by atoms with Crippen LogP contribution >= 0.6 is 11.8 Å². The van der Waals surface area contributed by atoms with E-state index in [1.165, 1.54) is 22.9 Å². The molecule has 1 fully saturated rings. The van der Waals surface area contributed by atoms with Crippen molar-refractivity contribution in [2.45, 2.75) is 20.4 Å². The molecule has 6 heteroatoms. The lowest BCUT2D eigenvalue weighted by molar-refractivity contribution is -0.130. The summed E-state index contributed by atoms with van der Waals surface area (Å²) in [5.74, 6) is 0.683. The molecule has 1 N–H and O–H groups in total. The number of carbonyl (C=O) groups is 2. The van der Waals surface area contributed by atoms with Crippen molar-refractivity contribution >= 4 is 29.3 Å². The van der Waals surface area contributed by atoms with Gasteiger partial charge in [0.05, 0.1) is 11.5 Å². The Hall–Kier alpha value is -2.31. The summed E-state index contributed by atoms with van der Waals surface area (Å²) in [6, 6.07) is 16.4. The van der Waals surface area contributed by atoms with Gasteiger partial charge >= 0.3 is 0 Å². The summed E-state index contributed by atoms with van der Waals surface area (Å²) in [4.78, 5) is 28.9. The molecular weight excluding hydrogens is 382 g/mol. The molecule has 2 aromatic rings. The van der Waals surface area contributed by atoms with Gasteiger partial charge < -0.3 is 10.2 Å². The Bertz CT molecular complexity index is 833. The van der Waals surface area contributed by atoms with E-state index in [9.17, 15) is 9.59 Å². The second kappa shape index (κ2) is 10.5. The standard InChI is InChI=1S/C23H29N3O2S/c1-18-8-9-21(19(2)14-18)24-22(27)16-29-17-23(28)26-12-10-25(11-13-26)15-20-6-4-3-5-7-20/h3-9,14H,10-13,15-17H2,1-2H3,(H,24,27). The molecule has 0 atom stereocenters. The predicted molar refractivity (Wildman–Crippen MR) is 120 cm³/mol. The number of carbonyl (C=O) groups excluding carboxylic acids is 2. The van der Waals surface area contributed by atoms with Crippen molar-refractivity contribution in [2.75, 3.05) is 43.0 Å². The summed E-state index contributed by atoms with van der Waals surface area (Å²) in [5.41, 5.74) is 4.36. The van der Waals surface area contributed by atoms with Crippen LogP contribution in [0.5, 0.6) is 0 Å². The first kappa shape index (κ1) is 21.4. The quantitative estimate of drug-likeness (QED) is 0.759. The Morgan fingerprint density at radius 2 is 1.69 bits per heavy atom. The molecule has 0 spiro atoms. The SMILES string of the molecule is Cc1ccc(NC(=O)CSCC(=O)N2CCN(Cc3ccccc3)CC2)c(C)c1. The van der Waals surface area contributed by atoms with Gasteiger partial charge in [0.2, 0.25) is 11.8 Å². The molecule has 0 aliphatic carbocycles. The predicted octanol–water partition coefficient (Wildman–Crippen LogP) is 3.32. The van der Waals surface area contributed by atoms with Crippen LogP contribution in [0, 0.1) is 13.8 Å².